The van der Waals surface area contributed by atoms with Gasteiger partial charge in [-0.15, -0.1) is 0 Å². The lowest BCUT2D eigenvalue weighted by molar-refractivity contribution is 0.0674. The summed E-state index contributed by atoms with van der Waals surface area (Å²) in [7, 11) is -5.51. The van der Waals surface area contributed by atoms with Crippen LogP contribution in [0.15, 0.2) is 35.6 Å². The molecule has 9 nitrogen and oxygen atoms in total. The summed E-state index contributed by atoms with van der Waals surface area (Å²) in [5.74, 6) is -0.242. The third-order valence-corrected chi connectivity index (χ3v) is 7.57. The molecule has 30 heavy (non-hydrogen) atoms. The van der Waals surface area contributed by atoms with Gasteiger partial charge in [-0.3, -0.25) is 4.79 Å². The van der Waals surface area contributed by atoms with Gasteiger partial charge >= 0.3 is 0 Å². The molecule has 1 fully saturated rings. The quantitative estimate of drug-likeness (QED) is 0.576. The average Bonchev–Trinajstić information content (AvgIpc) is 3.05. The van der Waals surface area contributed by atoms with Crippen LogP contribution in [0.25, 0.3) is 0 Å². The van der Waals surface area contributed by atoms with Gasteiger partial charge in [-0.25, -0.2) is 26.8 Å². The van der Waals surface area contributed by atoms with E-state index in [-0.39, 0.29) is 35.2 Å². The Morgan fingerprint density at radius 1 is 1.30 bits per heavy atom. The minimum atomic E-state index is -3.77. The van der Waals surface area contributed by atoms with E-state index in [0.717, 1.165) is 18.0 Å². The van der Waals surface area contributed by atoms with E-state index in [2.05, 4.69) is 9.97 Å². The summed E-state index contributed by atoms with van der Waals surface area (Å²) in [4.78, 5) is 22.2. The number of hydrogen-bond donors (Lipinski definition) is 0. The van der Waals surface area contributed by atoms with Crippen molar-refractivity contribution < 1.29 is 26.4 Å². The number of methoxy groups -OCH3 is 1. The van der Waals surface area contributed by atoms with Crippen molar-refractivity contribution >= 4 is 37.2 Å². The van der Waals surface area contributed by atoms with Crippen molar-refractivity contribution in [1.29, 1.82) is 0 Å². The summed E-state index contributed by atoms with van der Waals surface area (Å²) >= 11 is 6.09. The second-order valence-corrected chi connectivity index (χ2v) is 11.5. The maximum absolute atomic E-state index is 13.3. The third kappa shape index (κ3) is 5.08. The van der Waals surface area contributed by atoms with Crippen LogP contribution < -0.4 is 4.74 Å². The number of carbonyl (C=O) groups is 1. The summed E-state index contributed by atoms with van der Waals surface area (Å²) in [6.07, 6.45) is 2.24. The molecule has 1 aromatic heterocycles. The molecular weight excluding hydrogens is 454 g/mol. The van der Waals surface area contributed by atoms with Gasteiger partial charge in [0.25, 0.3) is 5.91 Å². The van der Waals surface area contributed by atoms with E-state index in [1.54, 1.807) is 24.3 Å². The van der Waals surface area contributed by atoms with Gasteiger partial charge in [-0.2, -0.15) is 0 Å². The van der Waals surface area contributed by atoms with Crippen LogP contribution in [0.3, 0.4) is 0 Å². The first-order valence-electron chi connectivity index (χ1n) is 8.87. The number of nitrogens with zero attached hydrogens (tertiary/aromatic N) is 3. The number of sulfone groups is 2. The van der Waals surface area contributed by atoms with Gasteiger partial charge in [-0.05, 0) is 24.1 Å². The molecule has 1 atom stereocenters. The highest BCUT2D eigenvalue weighted by molar-refractivity contribution is 7.91. The van der Waals surface area contributed by atoms with Gasteiger partial charge in [-0.1, -0.05) is 23.7 Å². The van der Waals surface area contributed by atoms with E-state index < -0.39 is 36.8 Å². The van der Waals surface area contributed by atoms with Gasteiger partial charge < -0.3 is 9.64 Å². The van der Waals surface area contributed by atoms with Crippen molar-refractivity contribution in [1.82, 2.24) is 14.9 Å². The lowest BCUT2D eigenvalue weighted by atomic mass is 10.1. The summed E-state index contributed by atoms with van der Waals surface area (Å²) < 4.78 is 52.7. The van der Waals surface area contributed by atoms with Crippen LogP contribution in [0, 0.1) is 0 Å². The number of rotatable bonds is 6. The van der Waals surface area contributed by atoms with Crippen LogP contribution in [0.4, 0.5) is 0 Å². The minimum Gasteiger partial charge on any atom is -0.497 e. The number of amides is 1. The maximum atomic E-state index is 13.3. The number of ether oxygens (including phenoxy) is 1. The molecule has 2 heterocycles. The van der Waals surface area contributed by atoms with E-state index in [9.17, 15) is 21.6 Å². The number of hydrogen-bond acceptors (Lipinski definition) is 8. The summed E-state index contributed by atoms with van der Waals surface area (Å²) in [5.41, 5.74) is 0.451. The van der Waals surface area contributed by atoms with Crippen molar-refractivity contribution in [3.05, 3.63) is 46.7 Å². The predicted octanol–water partition coefficient (Wildman–Crippen LogP) is 1.37. The summed E-state index contributed by atoms with van der Waals surface area (Å²) in [5, 5.41) is -0.647. The molecule has 1 aromatic carbocycles. The smallest absolute Gasteiger partial charge is 0.274 e. The second-order valence-electron chi connectivity index (χ2n) is 6.96. The van der Waals surface area contributed by atoms with Crippen molar-refractivity contribution in [2.45, 2.75) is 24.2 Å². The van der Waals surface area contributed by atoms with Crippen LogP contribution in [0.2, 0.25) is 5.02 Å². The van der Waals surface area contributed by atoms with Gasteiger partial charge in [0.15, 0.2) is 15.5 Å². The fourth-order valence-corrected chi connectivity index (χ4v) is 5.54. The Morgan fingerprint density at radius 3 is 2.50 bits per heavy atom. The molecule has 162 valence electrons. The Hall–Kier alpha value is -2.24. The van der Waals surface area contributed by atoms with E-state index in [0.29, 0.717) is 5.75 Å². The molecule has 0 N–H and O–H groups in total. The topological polar surface area (TPSA) is 124 Å². The Morgan fingerprint density at radius 2 is 1.97 bits per heavy atom. The number of carbonyl (C=O) groups excluding carboxylic acids is 1. The van der Waals surface area contributed by atoms with Gasteiger partial charge in [0.05, 0.1) is 29.8 Å². The first-order chi connectivity index (χ1) is 14.0. The van der Waals surface area contributed by atoms with E-state index in [1.165, 1.54) is 12.0 Å². The van der Waals surface area contributed by atoms with Crippen LogP contribution in [-0.2, 0) is 26.2 Å². The Bertz CT molecular complexity index is 1170. The normalized spacial score (nSPS) is 18.2. The molecule has 1 aliphatic rings. The molecular formula is C18H20ClN3O6S2. The zero-order valence-electron chi connectivity index (χ0n) is 16.3. The third-order valence-electron chi connectivity index (χ3n) is 4.68. The Balaban J connectivity index is 2.00. The van der Waals surface area contributed by atoms with Gasteiger partial charge in [0.1, 0.15) is 5.75 Å². The van der Waals surface area contributed by atoms with Crippen LogP contribution in [0.5, 0.6) is 5.75 Å². The van der Waals surface area contributed by atoms with Crippen molar-refractivity contribution in [3.63, 3.8) is 0 Å². The molecule has 1 aliphatic heterocycles. The molecule has 2 aromatic rings. The SMILES string of the molecule is COc1ccc(CN(C(=O)c2nc(S(C)(=O)=O)ncc2Cl)[C@H]2CCS(=O)(=O)C2)cc1. The summed E-state index contributed by atoms with van der Waals surface area (Å²) in [6, 6.07) is 6.38. The van der Waals surface area contributed by atoms with E-state index in [4.69, 9.17) is 16.3 Å². The van der Waals surface area contributed by atoms with Gasteiger partial charge in [0, 0.05) is 18.8 Å². The minimum absolute atomic E-state index is 0.0316. The van der Waals surface area contributed by atoms with Crippen molar-refractivity contribution in [2.24, 2.45) is 0 Å². The lowest BCUT2D eigenvalue weighted by Crippen LogP contribution is -2.41. The Labute approximate surface area is 179 Å². The molecule has 0 aliphatic carbocycles. The number of benzene rings is 1. The highest BCUT2D eigenvalue weighted by Crippen LogP contribution is 2.25. The predicted molar refractivity (Wildman–Crippen MR) is 110 cm³/mol. The standard InChI is InChI=1S/C18H20ClN3O6S2/c1-28-14-5-3-12(4-6-14)10-22(13-7-8-30(26,27)11-13)17(23)16-15(19)9-20-18(21-16)29(2,24)25/h3-6,9,13H,7-8,10-11H2,1-2H3/t13-/m0/s1. The van der Waals surface area contributed by atoms with E-state index >= 15 is 0 Å². The van der Waals surface area contributed by atoms with Crippen molar-refractivity contribution in [2.75, 3.05) is 24.9 Å². The number of halogens is 1. The molecule has 0 spiro atoms. The molecule has 3 rings (SSSR count). The van der Waals surface area contributed by atoms with Crippen LogP contribution in [0.1, 0.15) is 22.5 Å². The lowest BCUT2D eigenvalue weighted by Gasteiger charge is -2.28. The first-order valence-corrected chi connectivity index (χ1v) is 13.0. The van der Waals surface area contributed by atoms with Crippen LogP contribution in [-0.4, -0.2) is 68.5 Å². The molecule has 0 radical (unpaired) electrons. The second kappa shape index (κ2) is 8.48. The van der Waals surface area contributed by atoms with Crippen LogP contribution >= 0.6 is 11.6 Å². The highest BCUT2D eigenvalue weighted by atomic mass is 35.5. The average molecular weight is 474 g/mol. The largest absolute Gasteiger partial charge is 0.497 e. The molecule has 1 amide bonds. The first kappa shape index (κ1) is 22.4. The molecule has 12 heteroatoms. The van der Waals surface area contributed by atoms with Crippen molar-refractivity contribution in [3.8, 4) is 5.75 Å². The molecule has 0 unspecified atom stereocenters. The molecule has 0 bridgehead atoms. The zero-order valence-corrected chi connectivity index (χ0v) is 18.7. The van der Waals surface area contributed by atoms with Gasteiger partial charge in [0.2, 0.25) is 15.0 Å². The zero-order chi connectivity index (χ0) is 22.1. The summed E-state index contributed by atoms with van der Waals surface area (Å²) in [6.45, 7) is 0.0948. The maximum Gasteiger partial charge on any atom is 0.274 e. The monoisotopic (exact) mass is 473 g/mol. The Kier molecular flexibility index (Phi) is 6.34. The highest BCUT2D eigenvalue weighted by Gasteiger charge is 2.36. The fourth-order valence-electron chi connectivity index (χ4n) is 3.13. The molecule has 1 saturated heterocycles. The fraction of sp³-hybridized carbons (Fsp3) is 0.389. The van der Waals surface area contributed by atoms with E-state index in [1.807, 2.05) is 0 Å². The number of aromatic nitrogens is 2. The molecule has 0 saturated carbocycles.